The summed E-state index contributed by atoms with van der Waals surface area (Å²) >= 11 is 1.45. The molecule has 0 unspecified atom stereocenters. The highest BCUT2D eigenvalue weighted by Crippen LogP contribution is 2.18. The van der Waals surface area contributed by atoms with Crippen molar-refractivity contribution < 1.29 is 4.79 Å². The Hall–Kier alpha value is -1.61. The molecule has 0 aliphatic carbocycles. The van der Waals surface area contributed by atoms with Gasteiger partial charge in [0.25, 0.3) is 5.91 Å². The van der Waals surface area contributed by atoms with E-state index in [2.05, 4.69) is 5.32 Å². The maximum atomic E-state index is 11.8. The molecule has 1 aromatic carbocycles. The van der Waals surface area contributed by atoms with Gasteiger partial charge in [0.2, 0.25) is 0 Å². The number of anilines is 1. The van der Waals surface area contributed by atoms with Crippen LogP contribution in [0.4, 0.5) is 5.69 Å². The maximum Gasteiger partial charge on any atom is 0.265 e. The fourth-order valence-electron chi connectivity index (χ4n) is 1.46. The Balaban J connectivity index is 2.21. The normalized spacial score (nSPS) is 10.1. The fraction of sp³-hybridized carbons (Fsp3) is 0.154. The van der Waals surface area contributed by atoms with Crippen molar-refractivity contribution in [1.29, 1.82) is 0 Å². The van der Waals surface area contributed by atoms with Gasteiger partial charge in [0, 0.05) is 5.69 Å². The van der Waals surface area contributed by atoms with Gasteiger partial charge in [-0.3, -0.25) is 4.79 Å². The van der Waals surface area contributed by atoms with Crippen molar-refractivity contribution >= 4 is 22.9 Å². The van der Waals surface area contributed by atoms with E-state index in [0.717, 1.165) is 21.7 Å². The molecule has 1 heterocycles. The topological polar surface area (TPSA) is 29.1 Å². The lowest BCUT2D eigenvalue weighted by Gasteiger charge is -2.08. The standard InChI is InChI=1S/C13H13NOS/c1-9-5-6-10(2)11(8-9)14-13(15)12-4-3-7-16-12/h3-8H,1-2H3,(H,14,15). The van der Waals surface area contributed by atoms with E-state index in [1.807, 2.05) is 49.6 Å². The van der Waals surface area contributed by atoms with Crippen molar-refractivity contribution in [2.24, 2.45) is 0 Å². The van der Waals surface area contributed by atoms with Crippen molar-refractivity contribution in [2.75, 3.05) is 5.32 Å². The van der Waals surface area contributed by atoms with Crippen molar-refractivity contribution in [3.8, 4) is 0 Å². The Kier molecular flexibility index (Phi) is 3.06. The van der Waals surface area contributed by atoms with E-state index < -0.39 is 0 Å². The first-order valence-electron chi connectivity index (χ1n) is 5.09. The Bertz CT molecular complexity index is 503. The van der Waals surface area contributed by atoms with Crippen LogP contribution < -0.4 is 5.32 Å². The molecule has 1 aromatic heterocycles. The van der Waals surface area contributed by atoms with Crippen LogP contribution in [0, 0.1) is 13.8 Å². The van der Waals surface area contributed by atoms with Crippen LogP contribution in [0.2, 0.25) is 0 Å². The lowest BCUT2D eigenvalue weighted by atomic mass is 10.1. The number of nitrogens with one attached hydrogen (secondary N) is 1. The van der Waals surface area contributed by atoms with Gasteiger partial charge in [-0.2, -0.15) is 0 Å². The zero-order valence-corrected chi connectivity index (χ0v) is 10.1. The third-order valence-corrected chi connectivity index (χ3v) is 3.25. The first-order valence-corrected chi connectivity index (χ1v) is 5.97. The first kappa shape index (κ1) is 10.9. The van der Waals surface area contributed by atoms with E-state index in [-0.39, 0.29) is 5.91 Å². The number of thiophene rings is 1. The minimum absolute atomic E-state index is 0.0382. The molecule has 2 aromatic rings. The third-order valence-electron chi connectivity index (χ3n) is 2.39. The molecule has 1 amide bonds. The van der Waals surface area contributed by atoms with E-state index in [1.165, 1.54) is 11.3 Å². The van der Waals surface area contributed by atoms with Gasteiger partial charge in [-0.15, -0.1) is 11.3 Å². The van der Waals surface area contributed by atoms with Gasteiger partial charge in [-0.1, -0.05) is 18.2 Å². The lowest BCUT2D eigenvalue weighted by Crippen LogP contribution is -2.11. The van der Waals surface area contributed by atoms with Crippen molar-refractivity contribution in [3.63, 3.8) is 0 Å². The van der Waals surface area contributed by atoms with Crippen molar-refractivity contribution in [1.82, 2.24) is 0 Å². The van der Waals surface area contributed by atoms with E-state index in [4.69, 9.17) is 0 Å². The first-order chi connectivity index (χ1) is 7.66. The van der Waals surface area contributed by atoms with E-state index in [0.29, 0.717) is 0 Å². The number of rotatable bonds is 2. The number of aryl methyl sites for hydroxylation is 2. The Morgan fingerprint density at radius 2 is 2.06 bits per heavy atom. The van der Waals surface area contributed by atoms with E-state index in [9.17, 15) is 4.79 Å². The summed E-state index contributed by atoms with van der Waals surface area (Å²) in [5, 5.41) is 4.83. The van der Waals surface area contributed by atoms with Crippen LogP contribution in [0.15, 0.2) is 35.7 Å². The zero-order chi connectivity index (χ0) is 11.5. The van der Waals surface area contributed by atoms with Gasteiger partial charge in [0.15, 0.2) is 0 Å². The smallest absolute Gasteiger partial charge is 0.265 e. The highest BCUT2D eigenvalue weighted by atomic mass is 32.1. The molecular weight excluding hydrogens is 218 g/mol. The number of carbonyl (C=O) groups is 1. The molecule has 0 aliphatic rings. The highest BCUT2D eigenvalue weighted by molar-refractivity contribution is 7.12. The van der Waals surface area contributed by atoms with Crippen LogP contribution in [0.1, 0.15) is 20.8 Å². The summed E-state index contributed by atoms with van der Waals surface area (Å²) in [4.78, 5) is 12.6. The predicted molar refractivity (Wildman–Crippen MR) is 68.2 cm³/mol. The number of carbonyl (C=O) groups excluding carboxylic acids is 1. The molecule has 2 rings (SSSR count). The molecule has 0 saturated heterocycles. The van der Waals surface area contributed by atoms with Crippen molar-refractivity contribution in [2.45, 2.75) is 13.8 Å². The van der Waals surface area contributed by atoms with Crippen LogP contribution in [0.3, 0.4) is 0 Å². The average molecular weight is 231 g/mol. The molecule has 16 heavy (non-hydrogen) atoms. The second-order valence-electron chi connectivity index (χ2n) is 3.75. The molecule has 0 fully saturated rings. The van der Waals surface area contributed by atoms with Crippen LogP contribution >= 0.6 is 11.3 Å². The summed E-state index contributed by atoms with van der Waals surface area (Å²) in [6, 6.07) is 9.74. The monoisotopic (exact) mass is 231 g/mol. The molecular formula is C13H13NOS. The number of hydrogen-bond donors (Lipinski definition) is 1. The third kappa shape index (κ3) is 2.31. The van der Waals surface area contributed by atoms with Crippen LogP contribution in [0.25, 0.3) is 0 Å². The van der Waals surface area contributed by atoms with E-state index >= 15 is 0 Å². The Morgan fingerprint density at radius 3 is 2.75 bits per heavy atom. The van der Waals surface area contributed by atoms with Gasteiger partial charge in [0.05, 0.1) is 4.88 Å². The van der Waals surface area contributed by atoms with Gasteiger partial charge in [-0.25, -0.2) is 0 Å². The predicted octanol–water partition coefficient (Wildman–Crippen LogP) is 3.62. The minimum Gasteiger partial charge on any atom is -0.321 e. The van der Waals surface area contributed by atoms with Crippen LogP contribution in [0.5, 0.6) is 0 Å². The molecule has 0 aliphatic heterocycles. The quantitative estimate of drug-likeness (QED) is 0.840. The second kappa shape index (κ2) is 4.49. The molecule has 2 nitrogen and oxygen atoms in total. The van der Waals surface area contributed by atoms with Gasteiger partial charge >= 0.3 is 0 Å². The number of amides is 1. The largest absolute Gasteiger partial charge is 0.321 e. The molecule has 3 heteroatoms. The second-order valence-corrected chi connectivity index (χ2v) is 4.70. The number of benzene rings is 1. The van der Waals surface area contributed by atoms with Crippen molar-refractivity contribution in [3.05, 3.63) is 51.7 Å². The zero-order valence-electron chi connectivity index (χ0n) is 9.28. The van der Waals surface area contributed by atoms with E-state index in [1.54, 1.807) is 0 Å². The minimum atomic E-state index is -0.0382. The fourth-order valence-corrected chi connectivity index (χ4v) is 2.08. The molecule has 0 spiro atoms. The summed E-state index contributed by atoms with van der Waals surface area (Å²) in [7, 11) is 0. The van der Waals surface area contributed by atoms with Gasteiger partial charge < -0.3 is 5.32 Å². The maximum absolute atomic E-state index is 11.8. The molecule has 82 valence electrons. The number of hydrogen-bond acceptors (Lipinski definition) is 2. The SMILES string of the molecule is Cc1ccc(C)c(NC(=O)c2cccs2)c1. The molecule has 0 radical (unpaired) electrons. The Morgan fingerprint density at radius 1 is 1.25 bits per heavy atom. The summed E-state index contributed by atoms with van der Waals surface area (Å²) in [6.07, 6.45) is 0. The van der Waals surface area contributed by atoms with Crippen LogP contribution in [-0.4, -0.2) is 5.91 Å². The molecule has 0 saturated carbocycles. The summed E-state index contributed by atoms with van der Waals surface area (Å²) < 4.78 is 0. The van der Waals surface area contributed by atoms with Crippen LogP contribution in [-0.2, 0) is 0 Å². The summed E-state index contributed by atoms with van der Waals surface area (Å²) in [5.41, 5.74) is 3.11. The lowest BCUT2D eigenvalue weighted by molar-refractivity contribution is 0.103. The molecule has 1 N–H and O–H groups in total. The summed E-state index contributed by atoms with van der Waals surface area (Å²) in [5.74, 6) is -0.0382. The highest BCUT2D eigenvalue weighted by Gasteiger charge is 2.08. The molecule has 0 atom stereocenters. The summed E-state index contributed by atoms with van der Waals surface area (Å²) in [6.45, 7) is 4.00. The Labute approximate surface area is 98.9 Å². The molecule has 0 bridgehead atoms. The average Bonchev–Trinajstić information content (AvgIpc) is 2.76. The van der Waals surface area contributed by atoms with Gasteiger partial charge in [-0.05, 0) is 42.5 Å². The van der Waals surface area contributed by atoms with Gasteiger partial charge in [0.1, 0.15) is 0 Å².